The Morgan fingerprint density at radius 1 is 1.17 bits per heavy atom. The maximum absolute atomic E-state index is 13.2. The Labute approximate surface area is 169 Å². The number of para-hydroxylation sites is 1. The average molecular weight is 391 g/mol. The van der Waals surface area contributed by atoms with E-state index >= 15 is 0 Å². The van der Waals surface area contributed by atoms with E-state index in [0.29, 0.717) is 28.5 Å². The van der Waals surface area contributed by atoms with Crippen molar-refractivity contribution in [3.05, 3.63) is 76.9 Å². The molecule has 0 fully saturated rings. The number of hydrogen-bond acceptors (Lipinski definition) is 6. The summed E-state index contributed by atoms with van der Waals surface area (Å²) < 4.78 is 16.3. The molecule has 1 atom stereocenters. The molecule has 1 aliphatic rings. The number of benzene rings is 2. The highest BCUT2D eigenvalue weighted by molar-refractivity contribution is 6.06. The number of hydrogen-bond donors (Lipinski definition) is 2. The molecule has 3 rings (SSSR count). The normalized spacial score (nSPS) is 16.0. The first-order chi connectivity index (χ1) is 14.0. The van der Waals surface area contributed by atoms with Crippen molar-refractivity contribution >= 4 is 11.6 Å². The molecule has 7 nitrogen and oxygen atoms in total. The fraction of sp³-hybridized carbons (Fsp3) is 0.182. The molecule has 3 N–H and O–H groups in total. The van der Waals surface area contributed by atoms with Gasteiger partial charge < -0.3 is 25.3 Å². The van der Waals surface area contributed by atoms with Crippen molar-refractivity contribution in [2.75, 3.05) is 19.5 Å². The largest absolute Gasteiger partial charge is 0.497 e. The van der Waals surface area contributed by atoms with Gasteiger partial charge in [0.15, 0.2) is 0 Å². The van der Waals surface area contributed by atoms with Crippen LogP contribution in [0.5, 0.6) is 11.5 Å². The second-order valence-electron chi connectivity index (χ2n) is 6.32. The Balaban J connectivity index is 2.12. The number of methoxy groups -OCH3 is 2. The van der Waals surface area contributed by atoms with Crippen LogP contribution in [0, 0.1) is 11.3 Å². The van der Waals surface area contributed by atoms with Crippen LogP contribution in [0.3, 0.4) is 0 Å². The summed E-state index contributed by atoms with van der Waals surface area (Å²) in [5.74, 6) is 0.191. The van der Waals surface area contributed by atoms with Gasteiger partial charge in [0.2, 0.25) is 5.88 Å². The summed E-state index contributed by atoms with van der Waals surface area (Å²) in [6, 6.07) is 16.3. The van der Waals surface area contributed by atoms with Crippen LogP contribution in [-0.4, -0.2) is 20.1 Å². The zero-order valence-corrected chi connectivity index (χ0v) is 16.4. The second-order valence-corrected chi connectivity index (χ2v) is 6.32. The van der Waals surface area contributed by atoms with Crippen molar-refractivity contribution < 1.29 is 19.0 Å². The summed E-state index contributed by atoms with van der Waals surface area (Å²) in [7, 11) is 3.06. The number of amides is 1. The quantitative estimate of drug-likeness (QED) is 0.809. The van der Waals surface area contributed by atoms with Crippen molar-refractivity contribution in [3.8, 4) is 17.6 Å². The van der Waals surface area contributed by atoms with Gasteiger partial charge in [-0.15, -0.1) is 0 Å². The number of nitrogens with two attached hydrogens (primary N) is 1. The highest BCUT2D eigenvalue weighted by Gasteiger charge is 2.37. The van der Waals surface area contributed by atoms with E-state index in [1.54, 1.807) is 44.4 Å². The van der Waals surface area contributed by atoms with Crippen LogP contribution in [0.1, 0.15) is 18.4 Å². The molecular formula is C22H21N3O4. The molecule has 0 unspecified atom stereocenters. The molecule has 0 aliphatic carbocycles. The van der Waals surface area contributed by atoms with Gasteiger partial charge in [0.1, 0.15) is 28.9 Å². The molecule has 1 heterocycles. The molecule has 2 aromatic carbocycles. The number of ether oxygens (including phenoxy) is 3. The van der Waals surface area contributed by atoms with Gasteiger partial charge in [-0.25, -0.2) is 0 Å². The van der Waals surface area contributed by atoms with Crippen LogP contribution in [0.4, 0.5) is 5.69 Å². The van der Waals surface area contributed by atoms with E-state index < -0.39 is 11.8 Å². The third kappa shape index (κ3) is 3.87. The number of nitrogens with zero attached hydrogens (tertiary/aromatic N) is 1. The first-order valence-corrected chi connectivity index (χ1v) is 8.86. The zero-order chi connectivity index (χ0) is 21.0. The minimum Gasteiger partial charge on any atom is -0.497 e. The maximum Gasteiger partial charge on any atom is 0.255 e. The summed E-state index contributed by atoms with van der Waals surface area (Å²) >= 11 is 0. The van der Waals surface area contributed by atoms with Crippen molar-refractivity contribution in [1.82, 2.24) is 0 Å². The van der Waals surface area contributed by atoms with Gasteiger partial charge in [-0.1, -0.05) is 24.3 Å². The molecule has 0 saturated heterocycles. The molecule has 0 bridgehead atoms. The van der Waals surface area contributed by atoms with Crippen LogP contribution in [0.2, 0.25) is 0 Å². The Morgan fingerprint density at radius 2 is 1.90 bits per heavy atom. The topological polar surface area (TPSA) is 107 Å². The number of nitrogens with one attached hydrogen (secondary N) is 1. The summed E-state index contributed by atoms with van der Waals surface area (Å²) in [6.07, 6.45) is 0. The van der Waals surface area contributed by atoms with Crippen LogP contribution >= 0.6 is 0 Å². The first kappa shape index (κ1) is 19.8. The molecule has 0 radical (unpaired) electrons. The van der Waals surface area contributed by atoms with Crippen molar-refractivity contribution in [3.63, 3.8) is 0 Å². The van der Waals surface area contributed by atoms with Crippen LogP contribution < -0.4 is 20.5 Å². The number of anilines is 1. The van der Waals surface area contributed by atoms with Crippen molar-refractivity contribution in [1.29, 1.82) is 5.26 Å². The van der Waals surface area contributed by atoms with E-state index in [1.807, 2.05) is 18.2 Å². The average Bonchev–Trinajstić information content (AvgIpc) is 2.73. The minimum atomic E-state index is -0.752. The Hall–Kier alpha value is -3.92. The van der Waals surface area contributed by atoms with Crippen LogP contribution in [0.15, 0.2) is 71.3 Å². The van der Waals surface area contributed by atoms with Gasteiger partial charge in [0.05, 0.1) is 25.7 Å². The van der Waals surface area contributed by atoms with E-state index in [4.69, 9.17) is 19.9 Å². The molecule has 1 aliphatic heterocycles. The molecule has 2 aromatic rings. The van der Waals surface area contributed by atoms with Gasteiger partial charge in [-0.05, 0) is 25.1 Å². The van der Waals surface area contributed by atoms with E-state index in [1.165, 1.54) is 7.11 Å². The highest BCUT2D eigenvalue weighted by atomic mass is 16.5. The summed E-state index contributed by atoms with van der Waals surface area (Å²) in [6.45, 7) is 1.64. The Kier molecular flexibility index (Phi) is 5.74. The summed E-state index contributed by atoms with van der Waals surface area (Å²) in [5.41, 5.74) is 7.62. The van der Waals surface area contributed by atoms with E-state index in [2.05, 4.69) is 11.4 Å². The molecule has 1 amide bonds. The van der Waals surface area contributed by atoms with Crippen LogP contribution in [0.25, 0.3) is 0 Å². The van der Waals surface area contributed by atoms with Gasteiger partial charge in [-0.2, -0.15) is 5.26 Å². The second kappa shape index (κ2) is 8.40. The third-order valence-corrected chi connectivity index (χ3v) is 4.63. The highest BCUT2D eigenvalue weighted by Crippen LogP contribution is 2.43. The van der Waals surface area contributed by atoms with E-state index in [-0.39, 0.29) is 17.0 Å². The lowest BCUT2D eigenvalue weighted by Crippen LogP contribution is -2.28. The van der Waals surface area contributed by atoms with E-state index in [0.717, 1.165) is 0 Å². The molecule has 0 aromatic heterocycles. The molecule has 148 valence electrons. The van der Waals surface area contributed by atoms with Gasteiger partial charge in [0, 0.05) is 17.3 Å². The lowest BCUT2D eigenvalue weighted by atomic mass is 9.82. The number of rotatable bonds is 5. The first-order valence-electron chi connectivity index (χ1n) is 8.86. The zero-order valence-electron chi connectivity index (χ0n) is 16.4. The van der Waals surface area contributed by atoms with Gasteiger partial charge in [0.25, 0.3) is 5.91 Å². The fourth-order valence-electron chi connectivity index (χ4n) is 3.26. The number of carbonyl (C=O) groups is 1. The predicted molar refractivity (Wildman–Crippen MR) is 108 cm³/mol. The molecule has 0 spiro atoms. The summed E-state index contributed by atoms with van der Waals surface area (Å²) in [5, 5.41) is 12.6. The fourth-order valence-corrected chi connectivity index (χ4v) is 3.26. The third-order valence-electron chi connectivity index (χ3n) is 4.63. The minimum absolute atomic E-state index is 0.0378. The Morgan fingerprint density at radius 3 is 2.52 bits per heavy atom. The smallest absolute Gasteiger partial charge is 0.255 e. The van der Waals surface area contributed by atoms with Crippen molar-refractivity contribution in [2.45, 2.75) is 12.8 Å². The number of carbonyl (C=O) groups excluding carboxylic acids is 1. The lowest BCUT2D eigenvalue weighted by Gasteiger charge is -2.28. The SMILES string of the molecule is COc1ccc([C@@H]2C(C#N)=C(N)OC(C)=C2C(=O)Nc2ccccc2)c(OC)c1. The van der Waals surface area contributed by atoms with Gasteiger partial charge >= 0.3 is 0 Å². The van der Waals surface area contributed by atoms with Crippen LogP contribution in [-0.2, 0) is 9.53 Å². The molecular weight excluding hydrogens is 370 g/mol. The number of nitriles is 1. The standard InChI is InChI=1S/C22H21N3O4/c1-13-19(22(26)25-14-7-5-4-6-8-14)20(17(12-23)21(24)29-13)16-10-9-15(27-2)11-18(16)28-3/h4-11,20H,24H2,1-3H3,(H,25,26)/t20-/m1/s1. The molecule has 0 saturated carbocycles. The predicted octanol–water partition coefficient (Wildman–Crippen LogP) is 3.42. The summed E-state index contributed by atoms with van der Waals surface area (Å²) in [4.78, 5) is 13.2. The van der Waals surface area contributed by atoms with Gasteiger partial charge in [-0.3, -0.25) is 4.79 Å². The molecule has 29 heavy (non-hydrogen) atoms. The van der Waals surface area contributed by atoms with Crippen molar-refractivity contribution in [2.24, 2.45) is 5.73 Å². The molecule has 7 heteroatoms. The lowest BCUT2D eigenvalue weighted by molar-refractivity contribution is -0.113. The Bertz CT molecular complexity index is 1040. The maximum atomic E-state index is 13.2. The monoisotopic (exact) mass is 391 g/mol. The number of allylic oxidation sites excluding steroid dienone is 2. The van der Waals surface area contributed by atoms with E-state index in [9.17, 15) is 10.1 Å².